The van der Waals surface area contributed by atoms with Crippen molar-refractivity contribution in [1.29, 1.82) is 0 Å². The molecule has 1 saturated heterocycles. The Labute approximate surface area is 102 Å². The van der Waals surface area contributed by atoms with Crippen molar-refractivity contribution in [2.24, 2.45) is 0 Å². The number of ether oxygens (including phenoxy) is 1. The molecule has 7 heteroatoms. The normalized spacial score (nSPS) is 32.2. The van der Waals surface area contributed by atoms with Crippen molar-refractivity contribution in [3.05, 3.63) is 24.2 Å². The van der Waals surface area contributed by atoms with Crippen LogP contribution in [-0.2, 0) is 4.74 Å². The molecule has 1 aliphatic rings. The summed E-state index contributed by atoms with van der Waals surface area (Å²) in [6.45, 7) is 1.64. The summed E-state index contributed by atoms with van der Waals surface area (Å²) in [5.41, 5.74) is 6.82. The van der Waals surface area contributed by atoms with Crippen LogP contribution in [0.2, 0.25) is 0 Å². The second kappa shape index (κ2) is 3.89. The molecule has 0 bridgehead atoms. The Balaban J connectivity index is 2.08. The molecule has 4 atom stereocenters. The van der Waals surface area contributed by atoms with Gasteiger partial charge in [0.05, 0.1) is 11.8 Å². The number of aliphatic hydroxyl groups excluding tert-OH is 1. The fourth-order valence-electron chi connectivity index (χ4n) is 2.25. The van der Waals surface area contributed by atoms with Gasteiger partial charge in [-0.25, -0.2) is 13.9 Å². The maximum atomic E-state index is 14.0. The molecule has 2 aromatic rings. The van der Waals surface area contributed by atoms with Gasteiger partial charge in [-0.2, -0.15) is 5.10 Å². The van der Waals surface area contributed by atoms with Crippen molar-refractivity contribution in [1.82, 2.24) is 14.6 Å². The number of hydrogen-bond acceptors (Lipinski definition) is 5. The molecule has 3 heterocycles. The molecule has 2 unspecified atom stereocenters. The fourth-order valence-corrected chi connectivity index (χ4v) is 2.25. The van der Waals surface area contributed by atoms with Crippen LogP contribution < -0.4 is 5.73 Å². The van der Waals surface area contributed by atoms with Crippen LogP contribution in [0.1, 0.15) is 18.7 Å². The summed E-state index contributed by atoms with van der Waals surface area (Å²) in [6.07, 6.45) is -2.69. The number of halogens is 1. The first-order valence-electron chi connectivity index (χ1n) is 5.65. The van der Waals surface area contributed by atoms with E-state index in [1.807, 2.05) is 0 Å². The van der Waals surface area contributed by atoms with E-state index >= 15 is 0 Å². The van der Waals surface area contributed by atoms with Crippen LogP contribution in [0.5, 0.6) is 0 Å². The lowest BCUT2D eigenvalue weighted by Crippen LogP contribution is -2.25. The van der Waals surface area contributed by atoms with E-state index in [4.69, 9.17) is 10.5 Å². The number of rotatable bonds is 1. The number of anilines is 1. The third kappa shape index (κ3) is 1.48. The highest BCUT2D eigenvalue weighted by Crippen LogP contribution is 2.36. The van der Waals surface area contributed by atoms with Crippen LogP contribution >= 0.6 is 0 Å². The molecule has 0 saturated carbocycles. The number of nitrogens with zero attached hydrogens (tertiary/aromatic N) is 3. The van der Waals surface area contributed by atoms with Gasteiger partial charge >= 0.3 is 0 Å². The van der Waals surface area contributed by atoms with Crippen molar-refractivity contribution >= 4 is 11.3 Å². The monoisotopic (exact) mass is 252 g/mol. The first-order valence-corrected chi connectivity index (χ1v) is 5.65. The highest BCUT2D eigenvalue weighted by atomic mass is 19.1. The molecule has 1 aliphatic heterocycles. The van der Waals surface area contributed by atoms with E-state index in [-0.39, 0.29) is 0 Å². The minimum Gasteiger partial charge on any atom is -0.387 e. The average molecular weight is 252 g/mol. The highest BCUT2D eigenvalue weighted by molar-refractivity contribution is 5.65. The van der Waals surface area contributed by atoms with Gasteiger partial charge in [-0.1, -0.05) is 0 Å². The van der Waals surface area contributed by atoms with Crippen LogP contribution in [-0.4, -0.2) is 38.1 Å². The standard InChI is InChI=1S/C11H13FN4O2/c1-5-9(17)8(12)10(18-5)6-2-3-7-11(13)14-4-15-16(6)7/h2-5,8-10,17H,1H3,(H2,13,14,15)/t5?,8-,9?,10+/m1/s1. The van der Waals surface area contributed by atoms with Gasteiger partial charge < -0.3 is 15.6 Å². The zero-order valence-electron chi connectivity index (χ0n) is 9.69. The van der Waals surface area contributed by atoms with Crippen LogP contribution in [0.3, 0.4) is 0 Å². The Kier molecular flexibility index (Phi) is 2.46. The third-order valence-corrected chi connectivity index (χ3v) is 3.26. The molecule has 3 N–H and O–H groups in total. The number of fused-ring (bicyclic) bond motifs is 1. The maximum absolute atomic E-state index is 14.0. The molecule has 0 radical (unpaired) electrons. The largest absolute Gasteiger partial charge is 0.387 e. The van der Waals surface area contributed by atoms with E-state index in [0.717, 1.165) is 0 Å². The van der Waals surface area contributed by atoms with E-state index < -0.39 is 24.5 Å². The van der Waals surface area contributed by atoms with Crippen LogP contribution in [0.25, 0.3) is 5.52 Å². The molecule has 0 spiro atoms. The number of alkyl halides is 1. The summed E-state index contributed by atoms with van der Waals surface area (Å²) < 4.78 is 20.9. The molecule has 0 amide bonds. The van der Waals surface area contributed by atoms with Gasteiger partial charge in [0.25, 0.3) is 0 Å². The smallest absolute Gasteiger partial charge is 0.160 e. The first kappa shape index (κ1) is 11.4. The third-order valence-electron chi connectivity index (χ3n) is 3.26. The summed E-state index contributed by atoms with van der Waals surface area (Å²) in [6, 6.07) is 3.39. The Hall–Kier alpha value is -1.73. The minimum atomic E-state index is -1.48. The van der Waals surface area contributed by atoms with Gasteiger partial charge in [0.2, 0.25) is 0 Å². The van der Waals surface area contributed by atoms with E-state index in [0.29, 0.717) is 17.0 Å². The molecule has 1 fully saturated rings. The van der Waals surface area contributed by atoms with Crippen molar-refractivity contribution in [3.8, 4) is 0 Å². The number of nitrogen functional groups attached to an aromatic ring is 1. The lowest BCUT2D eigenvalue weighted by Gasteiger charge is -2.12. The summed E-state index contributed by atoms with van der Waals surface area (Å²) in [7, 11) is 0. The van der Waals surface area contributed by atoms with Gasteiger partial charge in [0, 0.05) is 0 Å². The number of nitrogens with two attached hydrogens (primary N) is 1. The number of aromatic nitrogens is 3. The molecule has 2 aromatic heterocycles. The molecule has 0 aliphatic carbocycles. The van der Waals surface area contributed by atoms with E-state index in [9.17, 15) is 9.50 Å². The zero-order valence-corrected chi connectivity index (χ0v) is 9.69. The summed E-state index contributed by atoms with van der Waals surface area (Å²) in [5, 5.41) is 13.6. The zero-order chi connectivity index (χ0) is 12.9. The molecule has 0 aromatic carbocycles. The van der Waals surface area contributed by atoms with Gasteiger partial charge in [-0.3, -0.25) is 0 Å². The fraction of sp³-hybridized carbons (Fsp3) is 0.455. The Morgan fingerprint density at radius 3 is 2.94 bits per heavy atom. The van der Waals surface area contributed by atoms with Gasteiger partial charge in [0.1, 0.15) is 24.1 Å². The molecule has 96 valence electrons. The molecule has 18 heavy (non-hydrogen) atoms. The molecular weight excluding hydrogens is 239 g/mol. The SMILES string of the molecule is CC1O[C@@H](c2ccc3c(N)ncnn23)[C@H](F)C1O. The van der Waals surface area contributed by atoms with E-state index in [2.05, 4.69) is 10.1 Å². The summed E-state index contributed by atoms with van der Waals surface area (Å²) in [5.74, 6) is 0.318. The predicted octanol–water partition coefficient (Wildman–Crippen LogP) is 0.470. The number of aliphatic hydroxyl groups is 1. The Bertz CT molecular complexity index is 587. The van der Waals surface area contributed by atoms with Crippen molar-refractivity contribution < 1.29 is 14.2 Å². The summed E-state index contributed by atoms with van der Waals surface area (Å²) in [4.78, 5) is 3.86. The second-order valence-corrected chi connectivity index (χ2v) is 4.40. The van der Waals surface area contributed by atoms with E-state index in [1.165, 1.54) is 10.8 Å². The van der Waals surface area contributed by atoms with Crippen LogP contribution in [0.15, 0.2) is 18.5 Å². The maximum Gasteiger partial charge on any atom is 0.160 e. The minimum absolute atomic E-state index is 0.318. The van der Waals surface area contributed by atoms with Gasteiger partial charge in [0.15, 0.2) is 12.0 Å². The Morgan fingerprint density at radius 2 is 2.28 bits per heavy atom. The predicted molar refractivity (Wildman–Crippen MR) is 61.6 cm³/mol. The van der Waals surface area contributed by atoms with Crippen LogP contribution in [0.4, 0.5) is 10.2 Å². The van der Waals surface area contributed by atoms with Crippen molar-refractivity contribution in [2.45, 2.75) is 31.4 Å². The van der Waals surface area contributed by atoms with Gasteiger partial charge in [-0.15, -0.1) is 0 Å². The van der Waals surface area contributed by atoms with E-state index in [1.54, 1.807) is 19.1 Å². The topological polar surface area (TPSA) is 85.7 Å². The molecular formula is C11H13FN4O2. The number of hydrogen-bond donors (Lipinski definition) is 2. The lowest BCUT2D eigenvalue weighted by molar-refractivity contribution is 0.0187. The average Bonchev–Trinajstić information content (AvgIpc) is 2.88. The highest BCUT2D eigenvalue weighted by Gasteiger charge is 2.43. The summed E-state index contributed by atoms with van der Waals surface area (Å²) >= 11 is 0. The van der Waals surface area contributed by atoms with Crippen LogP contribution in [0, 0.1) is 0 Å². The van der Waals surface area contributed by atoms with Crippen molar-refractivity contribution in [3.63, 3.8) is 0 Å². The second-order valence-electron chi connectivity index (χ2n) is 4.40. The van der Waals surface area contributed by atoms with Gasteiger partial charge in [-0.05, 0) is 19.1 Å². The quantitative estimate of drug-likeness (QED) is 0.770. The lowest BCUT2D eigenvalue weighted by atomic mass is 10.1. The molecule has 6 nitrogen and oxygen atoms in total. The molecule has 3 rings (SSSR count). The van der Waals surface area contributed by atoms with Crippen molar-refractivity contribution in [2.75, 3.05) is 5.73 Å². The Morgan fingerprint density at radius 1 is 1.50 bits per heavy atom. The first-order chi connectivity index (χ1) is 8.59.